The molecule has 1 heterocycles. The molecular weight excluding hydrogens is 276 g/mol. The van der Waals surface area contributed by atoms with Crippen molar-refractivity contribution in [3.8, 4) is 0 Å². The third-order valence-electron chi connectivity index (χ3n) is 3.61. The van der Waals surface area contributed by atoms with Crippen LogP contribution >= 0.6 is 15.9 Å². The van der Waals surface area contributed by atoms with Crippen LogP contribution in [0.3, 0.4) is 0 Å². The predicted molar refractivity (Wildman–Crippen MR) is 76.2 cm³/mol. The van der Waals surface area contributed by atoms with Gasteiger partial charge in [-0.3, -0.25) is 4.68 Å². The monoisotopic (exact) mass is 296 g/mol. The van der Waals surface area contributed by atoms with E-state index < -0.39 is 0 Å². The molecular formula is C14H21BrN2. The molecule has 1 aliphatic carbocycles. The van der Waals surface area contributed by atoms with Gasteiger partial charge in [0, 0.05) is 23.6 Å². The molecule has 1 aliphatic rings. The molecule has 2 nitrogen and oxygen atoms in total. The van der Waals surface area contributed by atoms with Gasteiger partial charge in [-0.1, -0.05) is 46.8 Å². The Bertz CT molecular complexity index is 375. The molecule has 0 atom stereocenters. The number of hydrogen-bond acceptors (Lipinski definition) is 1. The standard InChI is InChI=1S/C14H21BrN2/c1-2-17-11-12(10-16-17)8-14(9-15)13-6-4-3-5-7-13/h8,10-11,13H,2-7,9H2,1H3/b14-8-. The van der Waals surface area contributed by atoms with Crippen LogP contribution in [0.1, 0.15) is 44.6 Å². The van der Waals surface area contributed by atoms with Crippen LogP contribution in [0, 0.1) is 5.92 Å². The summed E-state index contributed by atoms with van der Waals surface area (Å²) in [7, 11) is 0. The van der Waals surface area contributed by atoms with Crippen LogP contribution in [-0.4, -0.2) is 15.1 Å². The lowest BCUT2D eigenvalue weighted by Gasteiger charge is -2.23. The number of allylic oxidation sites excluding steroid dienone is 1. The van der Waals surface area contributed by atoms with Gasteiger partial charge in [0.1, 0.15) is 0 Å². The van der Waals surface area contributed by atoms with E-state index in [2.05, 4.69) is 40.2 Å². The van der Waals surface area contributed by atoms with E-state index in [1.807, 2.05) is 10.9 Å². The molecule has 1 fully saturated rings. The molecule has 1 aromatic rings. The van der Waals surface area contributed by atoms with Gasteiger partial charge in [0.05, 0.1) is 6.20 Å². The molecule has 0 radical (unpaired) electrons. The number of aromatic nitrogens is 2. The van der Waals surface area contributed by atoms with Crippen molar-refractivity contribution < 1.29 is 0 Å². The summed E-state index contributed by atoms with van der Waals surface area (Å²) in [6, 6.07) is 0. The van der Waals surface area contributed by atoms with Crippen molar-refractivity contribution in [3.63, 3.8) is 0 Å². The largest absolute Gasteiger partial charge is 0.272 e. The van der Waals surface area contributed by atoms with Gasteiger partial charge in [-0.2, -0.15) is 5.10 Å². The van der Waals surface area contributed by atoms with Crippen molar-refractivity contribution in [1.82, 2.24) is 9.78 Å². The molecule has 17 heavy (non-hydrogen) atoms. The molecule has 0 amide bonds. The van der Waals surface area contributed by atoms with E-state index in [-0.39, 0.29) is 0 Å². The number of nitrogens with zero attached hydrogens (tertiary/aromatic N) is 2. The molecule has 0 saturated heterocycles. The third-order valence-corrected chi connectivity index (χ3v) is 4.26. The highest BCUT2D eigenvalue weighted by molar-refractivity contribution is 9.09. The topological polar surface area (TPSA) is 17.8 Å². The summed E-state index contributed by atoms with van der Waals surface area (Å²) in [5.74, 6) is 0.785. The van der Waals surface area contributed by atoms with Crippen LogP contribution in [0.2, 0.25) is 0 Å². The lowest BCUT2D eigenvalue weighted by atomic mass is 9.84. The minimum absolute atomic E-state index is 0.785. The van der Waals surface area contributed by atoms with Crippen LogP contribution < -0.4 is 0 Å². The van der Waals surface area contributed by atoms with Crippen LogP contribution in [0.25, 0.3) is 6.08 Å². The van der Waals surface area contributed by atoms with E-state index in [9.17, 15) is 0 Å². The predicted octanol–water partition coefficient (Wildman–Crippen LogP) is 4.26. The van der Waals surface area contributed by atoms with Crippen molar-refractivity contribution in [1.29, 1.82) is 0 Å². The van der Waals surface area contributed by atoms with Gasteiger partial charge >= 0.3 is 0 Å². The number of rotatable bonds is 4. The maximum atomic E-state index is 4.32. The quantitative estimate of drug-likeness (QED) is 0.759. The fourth-order valence-electron chi connectivity index (χ4n) is 2.58. The van der Waals surface area contributed by atoms with Crippen molar-refractivity contribution in [2.45, 2.75) is 45.6 Å². The first-order chi connectivity index (χ1) is 8.33. The van der Waals surface area contributed by atoms with Gasteiger partial charge < -0.3 is 0 Å². The smallest absolute Gasteiger partial charge is 0.0562 e. The molecule has 3 heteroatoms. The van der Waals surface area contributed by atoms with Gasteiger partial charge in [0.15, 0.2) is 0 Å². The molecule has 0 aliphatic heterocycles. The van der Waals surface area contributed by atoms with E-state index in [1.54, 1.807) is 5.57 Å². The minimum Gasteiger partial charge on any atom is -0.272 e. The second-order valence-electron chi connectivity index (χ2n) is 4.82. The molecule has 0 N–H and O–H groups in total. The molecule has 2 rings (SSSR count). The average Bonchev–Trinajstić information content (AvgIpc) is 2.84. The molecule has 1 saturated carbocycles. The average molecular weight is 297 g/mol. The lowest BCUT2D eigenvalue weighted by Crippen LogP contribution is -2.09. The summed E-state index contributed by atoms with van der Waals surface area (Å²) in [6.45, 7) is 3.06. The Balaban J connectivity index is 2.10. The van der Waals surface area contributed by atoms with Gasteiger partial charge in [-0.05, 0) is 25.7 Å². The normalized spacial score (nSPS) is 18.6. The van der Waals surface area contributed by atoms with Crippen molar-refractivity contribution >= 4 is 22.0 Å². The van der Waals surface area contributed by atoms with Crippen LogP contribution in [0.15, 0.2) is 18.0 Å². The maximum Gasteiger partial charge on any atom is 0.0562 e. The van der Waals surface area contributed by atoms with Crippen LogP contribution in [0.4, 0.5) is 0 Å². The van der Waals surface area contributed by atoms with Gasteiger partial charge in [-0.25, -0.2) is 0 Å². The Kier molecular flexibility index (Phi) is 4.84. The highest BCUT2D eigenvalue weighted by Gasteiger charge is 2.17. The summed E-state index contributed by atoms with van der Waals surface area (Å²) in [6.07, 6.45) is 13.3. The van der Waals surface area contributed by atoms with Gasteiger partial charge in [0.25, 0.3) is 0 Å². The first-order valence-corrected chi connectivity index (χ1v) is 7.74. The number of alkyl halides is 1. The minimum atomic E-state index is 0.785. The van der Waals surface area contributed by atoms with E-state index in [4.69, 9.17) is 0 Å². The summed E-state index contributed by atoms with van der Waals surface area (Å²) in [5.41, 5.74) is 2.78. The fraction of sp³-hybridized carbons (Fsp3) is 0.643. The van der Waals surface area contributed by atoms with Crippen molar-refractivity contribution in [3.05, 3.63) is 23.5 Å². The number of aryl methyl sites for hydroxylation is 1. The Morgan fingerprint density at radius 2 is 2.24 bits per heavy atom. The Morgan fingerprint density at radius 3 is 2.82 bits per heavy atom. The molecule has 1 aromatic heterocycles. The van der Waals surface area contributed by atoms with Crippen molar-refractivity contribution in [2.24, 2.45) is 5.92 Å². The maximum absolute atomic E-state index is 4.32. The van der Waals surface area contributed by atoms with E-state index in [0.29, 0.717) is 0 Å². The summed E-state index contributed by atoms with van der Waals surface area (Å²) in [4.78, 5) is 0. The second kappa shape index (κ2) is 6.39. The molecule has 0 bridgehead atoms. The third kappa shape index (κ3) is 3.44. The zero-order valence-corrected chi connectivity index (χ0v) is 12.1. The highest BCUT2D eigenvalue weighted by atomic mass is 79.9. The Hall–Kier alpha value is -0.570. The molecule has 0 spiro atoms. The summed E-state index contributed by atoms with van der Waals surface area (Å²) < 4.78 is 1.98. The SMILES string of the molecule is CCn1cc(/C=C(/CBr)C2CCCCC2)cn1. The lowest BCUT2D eigenvalue weighted by molar-refractivity contribution is 0.405. The van der Waals surface area contributed by atoms with Gasteiger partial charge in [-0.15, -0.1) is 0 Å². The second-order valence-corrected chi connectivity index (χ2v) is 5.38. The van der Waals surface area contributed by atoms with E-state index in [1.165, 1.54) is 37.7 Å². The Morgan fingerprint density at radius 1 is 1.47 bits per heavy atom. The fourth-order valence-corrected chi connectivity index (χ4v) is 3.20. The highest BCUT2D eigenvalue weighted by Crippen LogP contribution is 2.31. The number of halogens is 1. The number of hydrogen-bond donors (Lipinski definition) is 0. The molecule has 0 aromatic carbocycles. The first-order valence-electron chi connectivity index (χ1n) is 6.62. The summed E-state index contributed by atoms with van der Waals surface area (Å²) in [5, 5.41) is 5.32. The zero-order valence-electron chi connectivity index (χ0n) is 10.5. The Labute approximate surface area is 112 Å². The van der Waals surface area contributed by atoms with Crippen LogP contribution in [0.5, 0.6) is 0 Å². The molecule has 0 unspecified atom stereocenters. The summed E-state index contributed by atoms with van der Waals surface area (Å²) >= 11 is 3.64. The van der Waals surface area contributed by atoms with E-state index >= 15 is 0 Å². The first kappa shape index (κ1) is 12.9. The zero-order chi connectivity index (χ0) is 12.1. The van der Waals surface area contributed by atoms with E-state index in [0.717, 1.165) is 17.8 Å². The molecule has 94 valence electrons. The van der Waals surface area contributed by atoms with Crippen LogP contribution in [-0.2, 0) is 6.54 Å². The van der Waals surface area contributed by atoms with Gasteiger partial charge in [0.2, 0.25) is 0 Å². The van der Waals surface area contributed by atoms with Crippen molar-refractivity contribution in [2.75, 3.05) is 5.33 Å².